The number of nitrogens with zero attached hydrogens (tertiary/aromatic N) is 4. The molecule has 0 radical (unpaired) electrons. The fourth-order valence-electron chi connectivity index (χ4n) is 2.36. The molecule has 1 aliphatic heterocycles. The molecule has 0 aliphatic carbocycles. The normalized spacial score (nSPS) is 15.2. The summed E-state index contributed by atoms with van der Waals surface area (Å²) in [5, 5.41) is 0. The largest absolute Gasteiger partial charge is 0.353 e. The summed E-state index contributed by atoms with van der Waals surface area (Å²) in [7, 11) is 0. The molecule has 1 aliphatic rings. The third-order valence-corrected chi connectivity index (χ3v) is 3.48. The van der Waals surface area contributed by atoms with Gasteiger partial charge in [0, 0.05) is 44.1 Å². The summed E-state index contributed by atoms with van der Waals surface area (Å²) >= 11 is 0. The Labute approximate surface area is 117 Å². The van der Waals surface area contributed by atoms with Crippen molar-refractivity contribution in [2.24, 2.45) is 0 Å². The zero-order chi connectivity index (χ0) is 13.8. The highest BCUT2D eigenvalue weighted by atomic mass is 16.1. The number of rotatable bonds is 3. The predicted molar refractivity (Wildman–Crippen MR) is 78.3 cm³/mol. The molecule has 20 heavy (non-hydrogen) atoms. The Bertz CT molecular complexity index is 562. The van der Waals surface area contributed by atoms with Crippen molar-refractivity contribution in [1.29, 1.82) is 0 Å². The highest BCUT2D eigenvalue weighted by Crippen LogP contribution is 2.17. The van der Waals surface area contributed by atoms with E-state index in [0.29, 0.717) is 5.56 Å². The van der Waals surface area contributed by atoms with Crippen LogP contribution in [0.15, 0.2) is 42.7 Å². The van der Waals surface area contributed by atoms with E-state index in [1.54, 1.807) is 12.3 Å². The number of pyridine rings is 2. The second-order valence-corrected chi connectivity index (χ2v) is 4.73. The van der Waals surface area contributed by atoms with Gasteiger partial charge in [-0.2, -0.15) is 0 Å². The number of anilines is 2. The number of hydrogen-bond acceptors (Lipinski definition) is 5. The number of aldehydes is 1. The minimum absolute atomic E-state index is 0.612. The molecular formula is C15H16N4O. The standard InChI is InChI=1S/C15H16N4O/c20-12-13-4-5-15(17-11-13)19-9-7-18(8-10-19)14-3-1-2-6-16-14/h1-6,11-12H,7-10H2. The van der Waals surface area contributed by atoms with Gasteiger partial charge in [0.2, 0.25) is 0 Å². The van der Waals surface area contributed by atoms with E-state index in [4.69, 9.17) is 0 Å². The van der Waals surface area contributed by atoms with Crippen molar-refractivity contribution < 1.29 is 4.79 Å². The minimum Gasteiger partial charge on any atom is -0.353 e. The maximum atomic E-state index is 10.6. The van der Waals surface area contributed by atoms with Gasteiger partial charge in [-0.25, -0.2) is 9.97 Å². The number of carbonyl (C=O) groups excluding carboxylic acids is 1. The molecule has 5 nitrogen and oxygen atoms in total. The van der Waals surface area contributed by atoms with Crippen molar-refractivity contribution >= 4 is 17.9 Å². The first-order valence-electron chi connectivity index (χ1n) is 6.69. The van der Waals surface area contributed by atoms with Crippen LogP contribution < -0.4 is 9.80 Å². The van der Waals surface area contributed by atoms with Gasteiger partial charge in [0.15, 0.2) is 6.29 Å². The molecule has 5 heteroatoms. The van der Waals surface area contributed by atoms with Gasteiger partial charge in [0.05, 0.1) is 0 Å². The van der Waals surface area contributed by atoms with Crippen molar-refractivity contribution in [3.63, 3.8) is 0 Å². The number of hydrogen-bond donors (Lipinski definition) is 0. The summed E-state index contributed by atoms with van der Waals surface area (Å²) in [4.78, 5) is 23.8. The van der Waals surface area contributed by atoms with Crippen molar-refractivity contribution in [1.82, 2.24) is 9.97 Å². The Morgan fingerprint density at radius 3 is 2.10 bits per heavy atom. The maximum absolute atomic E-state index is 10.6. The van der Waals surface area contributed by atoms with Gasteiger partial charge in [-0.15, -0.1) is 0 Å². The Hall–Kier alpha value is -2.43. The van der Waals surface area contributed by atoms with Crippen LogP contribution in [0.2, 0.25) is 0 Å². The SMILES string of the molecule is O=Cc1ccc(N2CCN(c3ccccn3)CC2)nc1. The van der Waals surface area contributed by atoms with Crippen LogP contribution in [-0.2, 0) is 0 Å². The van der Waals surface area contributed by atoms with E-state index in [-0.39, 0.29) is 0 Å². The number of piperazine rings is 1. The van der Waals surface area contributed by atoms with Crippen LogP contribution in [0.25, 0.3) is 0 Å². The fraction of sp³-hybridized carbons (Fsp3) is 0.267. The first-order chi connectivity index (χ1) is 9.86. The van der Waals surface area contributed by atoms with E-state index < -0.39 is 0 Å². The molecule has 2 aromatic heterocycles. The summed E-state index contributed by atoms with van der Waals surface area (Å²) in [6.07, 6.45) is 4.25. The molecule has 0 saturated carbocycles. The molecule has 3 heterocycles. The maximum Gasteiger partial charge on any atom is 0.151 e. The van der Waals surface area contributed by atoms with Gasteiger partial charge in [-0.05, 0) is 24.3 Å². The molecule has 0 aromatic carbocycles. The average Bonchev–Trinajstić information content (AvgIpc) is 2.56. The molecule has 1 saturated heterocycles. The minimum atomic E-state index is 0.612. The van der Waals surface area contributed by atoms with E-state index in [9.17, 15) is 4.79 Å². The van der Waals surface area contributed by atoms with Gasteiger partial charge in [-0.3, -0.25) is 4.79 Å². The summed E-state index contributed by atoms with van der Waals surface area (Å²) in [5.74, 6) is 1.95. The molecule has 102 valence electrons. The fourth-order valence-corrected chi connectivity index (χ4v) is 2.36. The lowest BCUT2D eigenvalue weighted by atomic mass is 10.2. The van der Waals surface area contributed by atoms with E-state index in [1.807, 2.05) is 30.5 Å². The van der Waals surface area contributed by atoms with Gasteiger partial charge in [-0.1, -0.05) is 6.07 Å². The van der Waals surface area contributed by atoms with E-state index >= 15 is 0 Å². The molecule has 2 aromatic rings. The van der Waals surface area contributed by atoms with Crippen LogP contribution in [0.5, 0.6) is 0 Å². The van der Waals surface area contributed by atoms with Gasteiger partial charge in [0.25, 0.3) is 0 Å². The molecule has 0 N–H and O–H groups in total. The van der Waals surface area contributed by atoms with Gasteiger partial charge < -0.3 is 9.80 Å². The van der Waals surface area contributed by atoms with Crippen LogP contribution in [0.1, 0.15) is 10.4 Å². The summed E-state index contributed by atoms with van der Waals surface area (Å²) in [6, 6.07) is 9.68. The monoisotopic (exact) mass is 268 g/mol. The lowest BCUT2D eigenvalue weighted by molar-refractivity contribution is 0.112. The molecule has 0 bridgehead atoms. The first-order valence-corrected chi connectivity index (χ1v) is 6.69. The van der Waals surface area contributed by atoms with Crippen LogP contribution in [0.3, 0.4) is 0 Å². The molecule has 3 rings (SSSR count). The lowest BCUT2D eigenvalue weighted by Crippen LogP contribution is -2.47. The summed E-state index contributed by atoms with van der Waals surface area (Å²) in [5.41, 5.74) is 0.612. The highest BCUT2D eigenvalue weighted by Gasteiger charge is 2.18. The van der Waals surface area contributed by atoms with E-state index in [0.717, 1.165) is 44.1 Å². The number of carbonyl (C=O) groups is 1. The second-order valence-electron chi connectivity index (χ2n) is 4.73. The molecule has 0 unspecified atom stereocenters. The molecule has 0 amide bonds. The summed E-state index contributed by atoms with van der Waals surface area (Å²) in [6.45, 7) is 3.66. The molecule has 0 spiro atoms. The van der Waals surface area contributed by atoms with E-state index in [1.165, 1.54) is 0 Å². The molecule has 1 fully saturated rings. The second kappa shape index (κ2) is 5.69. The van der Waals surface area contributed by atoms with Crippen molar-refractivity contribution in [2.45, 2.75) is 0 Å². The highest BCUT2D eigenvalue weighted by molar-refractivity contribution is 5.74. The predicted octanol–water partition coefficient (Wildman–Crippen LogP) is 1.62. The van der Waals surface area contributed by atoms with Gasteiger partial charge >= 0.3 is 0 Å². The zero-order valence-electron chi connectivity index (χ0n) is 11.1. The topological polar surface area (TPSA) is 49.3 Å². The molecular weight excluding hydrogens is 252 g/mol. The van der Waals surface area contributed by atoms with Crippen molar-refractivity contribution in [3.05, 3.63) is 48.3 Å². The first kappa shape index (κ1) is 12.6. The Balaban J connectivity index is 1.64. The van der Waals surface area contributed by atoms with Crippen LogP contribution >= 0.6 is 0 Å². The number of aromatic nitrogens is 2. The Morgan fingerprint density at radius 1 is 0.900 bits per heavy atom. The summed E-state index contributed by atoms with van der Waals surface area (Å²) < 4.78 is 0. The average molecular weight is 268 g/mol. The van der Waals surface area contributed by atoms with Crippen molar-refractivity contribution in [3.8, 4) is 0 Å². The quantitative estimate of drug-likeness (QED) is 0.792. The molecule has 0 atom stereocenters. The zero-order valence-corrected chi connectivity index (χ0v) is 11.1. The lowest BCUT2D eigenvalue weighted by Gasteiger charge is -2.36. The van der Waals surface area contributed by atoms with Crippen molar-refractivity contribution in [2.75, 3.05) is 36.0 Å². The van der Waals surface area contributed by atoms with Crippen LogP contribution in [0, 0.1) is 0 Å². The Kier molecular flexibility index (Phi) is 3.58. The van der Waals surface area contributed by atoms with Gasteiger partial charge in [0.1, 0.15) is 11.6 Å². The third kappa shape index (κ3) is 2.61. The Morgan fingerprint density at radius 2 is 1.60 bits per heavy atom. The third-order valence-electron chi connectivity index (χ3n) is 3.48. The van der Waals surface area contributed by atoms with E-state index in [2.05, 4.69) is 19.8 Å². The smallest absolute Gasteiger partial charge is 0.151 e. The van der Waals surface area contributed by atoms with Crippen LogP contribution in [-0.4, -0.2) is 42.4 Å². The van der Waals surface area contributed by atoms with Crippen LogP contribution in [0.4, 0.5) is 11.6 Å².